The summed E-state index contributed by atoms with van der Waals surface area (Å²) in [6.07, 6.45) is 2.97. The van der Waals surface area contributed by atoms with Crippen molar-refractivity contribution in [2.24, 2.45) is 0 Å². The number of ether oxygens (including phenoxy) is 3. The monoisotopic (exact) mass is 910 g/mol. The minimum absolute atomic E-state index is 0.171. The van der Waals surface area contributed by atoms with Gasteiger partial charge in [0, 0.05) is 50.1 Å². The zero-order chi connectivity index (χ0) is 45.8. The van der Waals surface area contributed by atoms with Crippen LogP contribution in [0.2, 0.25) is 10.0 Å². The van der Waals surface area contributed by atoms with Crippen LogP contribution in [0.4, 0.5) is 0 Å². The third-order valence-corrected chi connectivity index (χ3v) is 13.7. The highest BCUT2D eigenvalue weighted by Gasteiger charge is 2.36. The molecule has 0 aliphatic carbocycles. The van der Waals surface area contributed by atoms with Crippen LogP contribution in [0.3, 0.4) is 0 Å². The summed E-state index contributed by atoms with van der Waals surface area (Å²) < 4.78 is 18.6. The summed E-state index contributed by atoms with van der Waals surface area (Å²) in [4.78, 5) is 36.8. The second-order valence-corrected chi connectivity index (χ2v) is 18.2. The van der Waals surface area contributed by atoms with Gasteiger partial charge in [-0.2, -0.15) is 0 Å². The van der Waals surface area contributed by atoms with Crippen molar-refractivity contribution in [2.45, 2.75) is 90.9 Å². The van der Waals surface area contributed by atoms with Crippen molar-refractivity contribution >= 4 is 35.1 Å². The van der Waals surface area contributed by atoms with Gasteiger partial charge in [0.05, 0.1) is 23.2 Å². The Morgan fingerprint density at radius 2 is 1.65 bits per heavy atom. The van der Waals surface area contributed by atoms with Crippen molar-refractivity contribution in [1.82, 2.24) is 20.1 Å². The summed E-state index contributed by atoms with van der Waals surface area (Å²) in [5.74, 6) is 0.903. The van der Waals surface area contributed by atoms with Crippen molar-refractivity contribution in [2.75, 3.05) is 20.7 Å². The van der Waals surface area contributed by atoms with E-state index in [0.29, 0.717) is 49.1 Å². The summed E-state index contributed by atoms with van der Waals surface area (Å²) in [6.45, 7) is 10.7. The van der Waals surface area contributed by atoms with Gasteiger partial charge in [-0.3, -0.25) is 19.6 Å². The first-order chi connectivity index (χ1) is 31.4. The molecular formula is C54H56Cl2N4O5. The maximum absolute atomic E-state index is 14.6. The van der Waals surface area contributed by atoms with Crippen LogP contribution < -0.4 is 14.8 Å². The van der Waals surface area contributed by atoms with E-state index in [9.17, 15) is 9.59 Å². The number of hydrogen-bond acceptors (Lipinski definition) is 8. The Hall–Kier alpha value is -5.71. The van der Waals surface area contributed by atoms with Crippen molar-refractivity contribution in [1.29, 1.82) is 0 Å². The number of halogens is 2. The SMILES string of the molecule is CC[C@@H](Oc1ccc([C@H]2CN(C)Cc3cc4c(cc3O2)CN(Cc2ccccc2C)[C@H](C(=O)N[C@@H](Cc2ccc(-c3ccnc(C)c3C)cc2)C(=O)OC)C4)cc1)c1ccc(Cl)c(Cl)c1. The van der Waals surface area contributed by atoms with Gasteiger partial charge in [-0.05, 0) is 133 Å². The molecule has 5 aromatic carbocycles. The van der Waals surface area contributed by atoms with Crippen LogP contribution in [0.25, 0.3) is 11.1 Å². The minimum Gasteiger partial charge on any atom is -0.486 e. The lowest BCUT2D eigenvalue weighted by atomic mass is 9.90. The fourth-order valence-electron chi connectivity index (χ4n) is 9.03. The molecule has 2 aliphatic heterocycles. The molecule has 6 aromatic rings. The standard InChI is InChI=1S/C54H56Cl2N4O5/c1-7-50(39-18-21-46(55)47(56)26-39)64-44-19-16-38(17-20-44)52-32-59(5)29-43-25-41-27-49(60(31-42(41)28-51(43)65-52)30-40-11-9-8-10-33(40)2)53(61)58-48(54(62)63-6)24-36-12-14-37(15-13-36)45-22-23-57-35(4)34(45)3/h8-23,25-26,28,48-50,52H,7,24,27,29-32H2,1-6H3,(H,58,61)/t48-,49-,50+,52+/m0/s1. The molecule has 0 saturated carbocycles. The number of likely N-dealkylation sites (N-methyl/N-ethyl adjacent to an activating group) is 1. The predicted octanol–water partition coefficient (Wildman–Crippen LogP) is 10.9. The average molecular weight is 912 g/mol. The normalized spacial score (nSPS) is 17.2. The number of amides is 1. The Morgan fingerprint density at radius 3 is 2.37 bits per heavy atom. The number of nitrogens with one attached hydrogen (secondary N) is 1. The van der Waals surface area contributed by atoms with E-state index in [1.165, 1.54) is 7.11 Å². The van der Waals surface area contributed by atoms with E-state index < -0.39 is 18.1 Å². The van der Waals surface area contributed by atoms with Gasteiger partial charge in [-0.15, -0.1) is 0 Å². The zero-order valence-corrected chi connectivity index (χ0v) is 39.4. The van der Waals surface area contributed by atoms with E-state index in [0.717, 1.165) is 84.8 Å². The van der Waals surface area contributed by atoms with Crippen LogP contribution in [-0.4, -0.2) is 59.4 Å². The van der Waals surface area contributed by atoms with Crippen LogP contribution in [0.1, 0.15) is 81.3 Å². The lowest BCUT2D eigenvalue weighted by molar-refractivity contribution is -0.145. The molecule has 1 N–H and O–H groups in total. The molecule has 1 aromatic heterocycles. The first-order valence-electron chi connectivity index (χ1n) is 22.3. The second-order valence-electron chi connectivity index (χ2n) is 17.4. The molecule has 0 saturated heterocycles. The average Bonchev–Trinajstić information content (AvgIpc) is 3.47. The molecule has 3 heterocycles. The summed E-state index contributed by atoms with van der Waals surface area (Å²) in [5.41, 5.74) is 12.8. The number of carbonyl (C=O) groups excluding carboxylic acids is 2. The van der Waals surface area contributed by atoms with E-state index in [1.807, 2.05) is 67.7 Å². The summed E-state index contributed by atoms with van der Waals surface area (Å²) >= 11 is 12.5. The summed E-state index contributed by atoms with van der Waals surface area (Å²) in [5, 5.41) is 4.15. The number of esters is 1. The van der Waals surface area contributed by atoms with Crippen LogP contribution in [0.15, 0.2) is 115 Å². The number of benzene rings is 5. The number of aromatic nitrogens is 1. The highest BCUT2D eigenvalue weighted by molar-refractivity contribution is 6.42. The van der Waals surface area contributed by atoms with Crippen molar-refractivity contribution in [3.05, 3.63) is 181 Å². The lowest BCUT2D eigenvalue weighted by Crippen LogP contribution is -2.54. The molecule has 336 valence electrons. The quantitative estimate of drug-likeness (QED) is 0.115. The molecule has 4 atom stereocenters. The van der Waals surface area contributed by atoms with E-state index in [4.69, 9.17) is 37.4 Å². The maximum Gasteiger partial charge on any atom is 0.328 e. The van der Waals surface area contributed by atoms with Crippen molar-refractivity contribution < 1.29 is 23.8 Å². The summed E-state index contributed by atoms with van der Waals surface area (Å²) in [6, 6.07) is 35.2. The van der Waals surface area contributed by atoms with Gasteiger partial charge >= 0.3 is 5.97 Å². The molecule has 9 nitrogen and oxygen atoms in total. The minimum atomic E-state index is -0.868. The Kier molecular flexibility index (Phi) is 14.3. The van der Waals surface area contributed by atoms with Gasteiger partial charge < -0.3 is 19.5 Å². The van der Waals surface area contributed by atoms with Crippen LogP contribution in [-0.2, 0) is 46.8 Å². The highest BCUT2D eigenvalue weighted by atomic mass is 35.5. The number of pyridine rings is 1. The van der Waals surface area contributed by atoms with E-state index >= 15 is 0 Å². The molecule has 11 heteroatoms. The molecule has 0 bridgehead atoms. The molecule has 65 heavy (non-hydrogen) atoms. The van der Waals surface area contributed by atoms with Crippen molar-refractivity contribution in [3.63, 3.8) is 0 Å². The number of aryl methyl sites for hydroxylation is 2. The Morgan fingerprint density at radius 1 is 0.877 bits per heavy atom. The fraction of sp³-hybridized carbons (Fsp3) is 0.315. The summed E-state index contributed by atoms with van der Waals surface area (Å²) in [7, 11) is 3.47. The van der Waals surface area contributed by atoms with Crippen LogP contribution in [0.5, 0.6) is 11.5 Å². The third-order valence-electron chi connectivity index (χ3n) is 12.9. The maximum atomic E-state index is 14.6. The fourth-order valence-corrected chi connectivity index (χ4v) is 9.33. The Bertz CT molecular complexity index is 2670. The number of nitrogens with zero attached hydrogens (tertiary/aromatic N) is 3. The second kappa shape index (κ2) is 20.2. The zero-order valence-electron chi connectivity index (χ0n) is 37.9. The van der Waals surface area contributed by atoms with Crippen molar-refractivity contribution in [3.8, 4) is 22.6 Å². The number of hydrogen-bond donors (Lipinski definition) is 1. The molecule has 0 radical (unpaired) electrons. The molecule has 0 unspecified atom stereocenters. The number of carbonyl (C=O) groups is 2. The van der Waals surface area contributed by atoms with E-state index in [2.05, 4.69) is 96.5 Å². The van der Waals surface area contributed by atoms with Gasteiger partial charge in [-0.1, -0.05) is 103 Å². The number of rotatable bonds is 13. The van der Waals surface area contributed by atoms with Crippen LogP contribution >= 0.6 is 23.2 Å². The number of fused-ring (bicyclic) bond motifs is 2. The highest BCUT2D eigenvalue weighted by Crippen LogP contribution is 2.38. The van der Waals surface area contributed by atoms with Gasteiger partial charge in [0.2, 0.25) is 5.91 Å². The van der Waals surface area contributed by atoms with E-state index in [1.54, 1.807) is 6.07 Å². The Labute approximate surface area is 392 Å². The molecule has 8 rings (SSSR count). The first kappa shape index (κ1) is 45.8. The van der Waals surface area contributed by atoms with Gasteiger partial charge in [-0.25, -0.2) is 4.79 Å². The molecule has 0 fully saturated rings. The topological polar surface area (TPSA) is 93.2 Å². The third kappa shape index (κ3) is 10.6. The Balaban J connectivity index is 1.02. The lowest BCUT2D eigenvalue weighted by Gasteiger charge is -2.37. The molecule has 1 amide bonds. The first-order valence-corrected chi connectivity index (χ1v) is 23.0. The largest absolute Gasteiger partial charge is 0.486 e. The van der Waals surface area contributed by atoms with E-state index in [-0.39, 0.29) is 18.1 Å². The molecule has 0 spiro atoms. The predicted molar refractivity (Wildman–Crippen MR) is 257 cm³/mol. The van der Waals surface area contributed by atoms with Gasteiger partial charge in [0.25, 0.3) is 0 Å². The smallest absolute Gasteiger partial charge is 0.328 e. The van der Waals surface area contributed by atoms with Gasteiger partial charge in [0.15, 0.2) is 0 Å². The molecular weight excluding hydrogens is 856 g/mol. The number of methoxy groups -OCH3 is 1. The van der Waals surface area contributed by atoms with Crippen LogP contribution in [0, 0.1) is 20.8 Å². The van der Waals surface area contributed by atoms with Gasteiger partial charge in [0.1, 0.15) is 29.7 Å². The molecule has 2 aliphatic rings.